The first kappa shape index (κ1) is 11.2. The highest BCUT2D eigenvalue weighted by molar-refractivity contribution is 5.92. The topological polar surface area (TPSA) is 17.1 Å². The van der Waals surface area contributed by atoms with Crippen LogP contribution in [0.2, 0.25) is 0 Å². The van der Waals surface area contributed by atoms with Crippen LogP contribution in [0.15, 0.2) is 23.8 Å². The third-order valence-corrected chi connectivity index (χ3v) is 3.34. The molecule has 0 amide bonds. The summed E-state index contributed by atoms with van der Waals surface area (Å²) in [6, 6.07) is 0. The Bertz CT molecular complexity index is 273. The second-order valence-electron chi connectivity index (χ2n) is 4.38. The van der Waals surface area contributed by atoms with E-state index in [2.05, 4.69) is 26.8 Å². The van der Waals surface area contributed by atoms with Crippen molar-refractivity contribution in [2.24, 2.45) is 17.8 Å². The molecule has 1 nitrogen and oxygen atoms in total. The van der Waals surface area contributed by atoms with Gasteiger partial charge in [-0.05, 0) is 38.2 Å². The van der Waals surface area contributed by atoms with Gasteiger partial charge in [0.25, 0.3) is 0 Å². The van der Waals surface area contributed by atoms with E-state index < -0.39 is 0 Å². The van der Waals surface area contributed by atoms with Crippen molar-refractivity contribution in [2.45, 2.75) is 34.1 Å². The number of rotatable bonds is 2. The molecule has 0 radical (unpaired) electrons. The van der Waals surface area contributed by atoms with Crippen LogP contribution < -0.4 is 0 Å². The first-order chi connectivity index (χ1) is 6.57. The summed E-state index contributed by atoms with van der Waals surface area (Å²) < 4.78 is 0. The van der Waals surface area contributed by atoms with E-state index in [0.29, 0.717) is 17.6 Å². The van der Waals surface area contributed by atoms with Crippen molar-refractivity contribution >= 4 is 5.78 Å². The molecule has 0 aromatic heterocycles. The summed E-state index contributed by atoms with van der Waals surface area (Å²) in [4.78, 5) is 11.9. The predicted molar refractivity (Wildman–Crippen MR) is 60.0 cm³/mol. The molecule has 0 saturated carbocycles. The van der Waals surface area contributed by atoms with Crippen molar-refractivity contribution in [3.05, 3.63) is 23.8 Å². The van der Waals surface area contributed by atoms with Gasteiger partial charge in [-0.1, -0.05) is 31.6 Å². The monoisotopic (exact) mass is 192 g/mol. The van der Waals surface area contributed by atoms with Crippen LogP contribution in [0.5, 0.6) is 0 Å². The van der Waals surface area contributed by atoms with E-state index in [9.17, 15) is 4.79 Å². The van der Waals surface area contributed by atoms with Crippen molar-refractivity contribution in [1.29, 1.82) is 0 Å². The van der Waals surface area contributed by atoms with E-state index in [1.807, 2.05) is 13.0 Å². The molecule has 14 heavy (non-hydrogen) atoms. The maximum Gasteiger partial charge on any atom is 0.159 e. The quantitative estimate of drug-likeness (QED) is 0.484. The minimum Gasteiger partial charge on any atom is -0.295 e. The highest BCUT2D eigenvalue weighted by Crippen LogP contribution is 2.35. The minimum atomic E-state index is 0.191. The van der Waals surface area contributed by atoms with E-state index in [-0.39, 0.29) is 5.92 Å². The maximum atomic E-state index is 11.9. The molecular formula is C13H20O. The van der Waals surface area contributed by atoms with Crippen molar-refractivity contribution in [3.63, 3.8) is 0 Å². The molecule has 3 atom stereocenters. The summed E-state index contributed by atoms with van der Waals surface area (Å²) >= 11 is 0. The van der Waals surface area contributed by atoms with Gasteiger partial charge in [-0.3, -0.25) is 4.79 Å². The van der Waals surface area contributed by atoms with E-state index in [4.69, 9.17) is 0 Å². The van der Waals surface area contributed by atoms with Crippen molar-refractivity contribution in [1.82, 2.24) is 0 Å². The number of allylic oxidation sites excluding steroid dienone is 4. The average molecular weight is 192 g/mol. The van der Waals surface area contributed by atoms with Crippen LogP contribution in [-0.4, -0.2) is 5.78 Å². The summed E-state index contributed by atoms with van der Waals surface area (Å²) in [5, 5.41) is 0. The minimum absolute atomic E-state index is 0.191. The SMILES string of the molecule is C/C=C/C(=O)C1C(C)CC=C(C)C1C. The third-order valence-electron chi connectivity index (χ3n) is 3.34. The van der Waals surface area contributed by atoms with Gasteiger partial charge >= 0.3 is 0 Å². The van der Waals surface area contributed by atoms with Crippen LogP contribution in [0.1, 0.15) is 34.1 Å². The smallest absolute Gasteiger partial charge is 0.159 e. The van der Waals surface area contributed by atoms with Crippen LogP contribution in [0.25, 0.3) is 0 Å². The van der Waals surface area contributed by atoms with Gasteiger partial charge in [0, 0.05) is 5.92 Å². The standard InChI is InChI=1S/C13H20O/c1-5-6-12(14)13-10(3)8-7-9(2)11(13)4/h5-7,10-11,13H,8H2,1-4H3/b6-5+. The fourth-order valence-corrected chi connectivity index (χ4v) is 2.28. The number of carbonyl (C=O) groups excluding carboxylic acids is 1. The van der Waals surface area contributed by atoms with Crippen molar-refractivity contribution in [2.75, 3.05) is 0 Å². The number of hydrogen-bond acceptors (Lipinski definition) is 1. The van der Waals surface area contributed by atoms with E-state index in [1.165, 1.54) is 5.57 Å². The molecule has 3 unspecified atom stereocenters. The fourth-order valence-electron chi connectivity index (χ4n) is 2.28. The fraction of sp³-hybridized carbons (Fsp3) is 0.615. The maximum absolute atomic E-state index is 11.9. The zero-order valence-corrected chi connectivity index (χ0v) is 9.58. The van der Waals surface area contributed by atoms with Crippen molar-refractivity contribution in [3.8, 4) is 0 Å². The first-order valence-electron chi connectivity index (χ1n) is 5.41. The molecule has 1 heteroatoms. The van der Waals surface area contributed by atoms with Crippen LogP contribution in [0.3, 0.4) is 0 Å². The van der Waals surface area contributed by atoms with Crippen LogP contribution in [-0.2, 0) is 4.79 Å². The summed E-state index contributed by atoms with van der Waals surface area (Å²) in [7, 11) is 0. The average Bonchev–Trinajstić information content (AvgIpc) is 2.13. The normalized spacial score (nSPS) is 33.1. The molecule has 0 aromatic carbocycles. The lowest BCUT2D eigenvalue weighted by atomic mass is 9.72. The van der Waals surface area contributed by atoms with Gasteiger partial charge in [0.1, 0.15) is 0 Å². The van der Waals surface area contributed by atoms with Crippen LogP contribution in [0.4, 0.5) is 0 Å². The molecule has 0 fully saturated rings. The molecule has 1 aliphatic carbocycles. The van der Waals surface area contributed by atoms with Gasteiger partial charge < -0.3 is 0 Å². The lowest BCUT2D eigenvalue weighted by Gasteiger charge is -2.32. The Morgan fingerprint density at radius 3 is 2.71 bits per heavy atom. The molecule has 0 N–H and O–H groups in total. The number of carbonyl (C=O) groups is 1. The molecule has 0 saturated heterocycles. The summed E-state index contributed by atoms with van der Waals surface area (Å²) in [6.07, 6.45) is 6.88. The zero-order chi connectivity index (χ0) is 10.7. The lowest BCUT2D eigenvalue weighted by Crippen LogP contribution is -2.30. The molecular weight excluding hydrogens is 172 g/mol. The molecule has 0 heterocycles. The van der Waals surface area contributed by atoms with E-state index >= 15 is 0 Å². The molecule has 1 aliphatic rings. The van der Waals surface area contributed by atoms with E-state index in [1.54, 1.807) is 6.08 Å². The highest BCUT2D eigenvalue weighted by atomic mass is 16.1. The Morgan fingerprint density at radius 2 is 2.14 bits per heavy atom. The summed E-state index contributed by atoms with van der Waals surface area (Å²) in [5.74, 6) is 1.37. The Kier molecular flexibility index (Phi) is 3.68. The van der Waals surface area contributed by atoms with Crippen LogP contribution in [0, 0.1) is 17.8 Å². The Morgan fingerprint density at radius 1 is 1.50 bits per heavy atom. The largest absolute Gasteiger partial charge is 0.295 e. The van der Waals surface area contributed by atoms with Gasteiger partial charge in [0.15, 0.2) is 5.78 Å². The van der Waals surface area contributed by atoms with Crippen LogP contribution >= 0.6 is 0 Å². The van der Waals surface area contributed by atoms with Gasteiger partial charge in [-0.25, -0.2) is 0 Å². The van der Waals surface area contributed by atoms with Gasteiger partial charge in [0.05, 0.1) is 0 Å². The molecule has 0 spiro atoms. The highest BCUT2D eigenvalue weighted by Gasteiger charge is 2.31. The Balaban J connectivity index is 2.86. The molecule has 0 aliphatic heterocycles. The summed E-state index contributed by atoms with van der Waals surface area (Å²) in [6.45, 7) is 8.37. The second kappa shape index (κ2) is 4.59. The Hall–Kier alpha value is -0.850. The van der Waals surface area contributed by atoms with Gasteiger partial charge in [0.2, 0.25) is 0 Å². The summed E-state index contributed by atoms with van der Waals surface area (Å²) in [5.41, 5.74) is 1.37. The van der Waals surface area contributed by atoms with Gasteiger partial charge in [-0.15, -0.1) is 0 Å². The third kappa shape index (κ3) is 2.14. The molecule has 0 aromatic rings. The Labute approximate surface area is 86.9 Å². The molecule has 78 valence electrons. The first-order valence-corrected chi connectivity index (χ1v) is 5.41. The zero-order valence-electron chi connectivity index (χ0n) is 9.58. The number of ketones is 1. The lowest BCUT2D eigenvalue weighted by molar-refractivity contribution is -0.121. The van der Waals surface area contributed by atoms with Crippen molar-refractivity contribution < 1.29 is 4.79 Å². The molecule has 1 rings (SSSR count). The van der Waals surface area contributed by atoms with E-state index in [0.717, 1.165) is 6.42 Å². The van der Waals surface area contributed by atoms with Gasteiger partial charge in [-0.2, -0.15) is 0 Å². The second-order valence-corrected chi connectivity index (χ2v) is 4.38. The molecule has 0 bridgehead atoms. The number of hydrogen-bond donors (Lipinski definition) is 0. The predicted octanol–water partition coefficient (Wildman–Crippen LogP) is 3.37.